The number of ether oxygens (including phenoxy) is 1. The van der Waals surface area contributed by atoms with Crippen LogP contribution in [0.1, 0.15) is 29.7 Å². The fourth-order valence-electron chi connectivity index (χ4n) is 2.81. The van der Waals surface area contributed by atoms with Gasteiger partial charge in [0.2, 0.25) is 0 Å². The molecule has 0 fully saturated rings. The molecule has 0 saturated carbocycles. The van der Waals surface area contributed by atoms with Gasteiger partial charge in [0.15, 0.2) is 0 Å². The van der Waals surface area contributed by atoms with Crippen LogP contribution >= 0.6 is 0 Å². The molecule has 114 valence electrons. The summed E-state index contributed by atoms with van der Waals surface area (Å²) in [4.78, 5) is 11.9. The number of aliphatic hydroxyl groups is 1. The molecule has 0 aromatic heterocycles. The predicted octanol–water partition coefficient (Wildman–Crippen LogP) is 3.04. The maximum atomic E-state index is 11.9. The Kier molecular flexibility index (Phi) is 4.11. The van der Waals surface area contributed by atoms with Crippen molar-refractivity contribution in [3.63, 3.8) is 0 Å². The van der Waals surface area contributed by atoms with Crippen LogP contribution in [0.4, 0.5) is 4.79 Å². The zero-order valence-corrected chi connectivity index (χ0v) is 12.5. The number of carbonyl (C=O) groups is 1. The molecule has 0 spiro atoms. The van der Waals surface area contributed by atoms with Crippen LogP contribution in [0.5, 0.6) is 0 Å². The van der Waals surface area contributed by atoms with Crippen molar-refractivity contribution in [2.24, 2.45) is 0 Å². The van der Waals surface area contributed by atoms with Crippen LogP contribution < -0.4 is 5.32 Å². The highest BCUT2D eigenvalue weighted by Gasteiger charge is 2.27. The third-order valence-electron chi connectivity index (χ3n) is 3.88. The molecule has 2 N–H and O–H groups in total. The second kappa shape index (κ2) is 6.20. The van der Waals surface area contributed by atoms with Gasteiger partial charge < -0.3 is 15.2 Å². The van der Waals surface area contributed by atoms with E-state index in [-0.39, 0.29) is 12.6 Å². The molecule has 0 heterocycles. The van der Waals surface area contributed by atoms with E-state index < -0.39 is 6.09 Å². The van der Waals surface area contributed by atoms with Crippen molar-refractivity contribution in [1.29, 1.82) is 0 Å². The number of benzene rings is 2. The predicted molar refractivity (Wildman–Crippen MR) is 84.7 cm³/mol. The lowest BCUT2D eigenvalue weighted by Gasteiger charge is -2.21. The van der Waals surface area contributed by atoms with Gasteiger partial charge in [-0.25, -0.2) is 4.79 Å². The van der Waals surface area contributed by atoms with E-state index in [1.54, 1.807) is 6.92 Å². The number of rotatable bonds is 6. The molecule has 4 nitrogen and oxygen atoms in total. The number of carbonyl (C=O) groups excluding carboxylic acids is 1. The number of amides is 1. The van der Waals surface area contributed by atoms with Gasteiger partial charge in [-0.15, -0.1) is 0 Å². The zero-order valence-electron chi connectivity index (χ0n) is 12.5. The van der Waals surface area contributed by atoms with E-state index in [4.69, 9.17) is 4.74 Å². The maximum absolute atomic E-state index is 11.9. The van der Waals surface area contributed by atoms with Gasteiger partial charge in [0.1, 0.15) is 0 Å². The first-order chi connectivity index (χ1) is 10.7. The van der Waals surface area contributed by atoms with Gasteiger partial charge in [0.05, 0.1) is 12.6 Å². The first-order valence-corrected chi connectivity index (χ1v) is 7.51. The fraction of sp³-hybridized carbons (Fsp3) is 0.278. The zero-order chi connectivity index (χ0) is 15.5. The number of aliphatic hydroxyl groups excluding tert-OH is 1. The van der Waals surface area contributed by atoms with E-state index in [0.717, 1.165) is 16.7 Å². The summed E-state index contributed by atoms with van der Waals surface area (Å²) in [6, 6.07) is 13.8. The van der Waals surface area contributed by atoms with Crippen molar-refractivity contribution in [1.82, 2.24) is 5.32 Å². The second-order valence-electron chi connectivity index (χ2n) is 5.27. The Balaban J connectivity index is 1.95. The van der Waals surface area contributed by atoms with Crippen molar-refractivity contribution in [2.45, 2.75) is 19.4 Å². The van der Waals surface area contributed by atoms with Crippen LogP contribution in [-0.2, 0) is 11.2 Å². The molecule has 0 aliphatic heterocycles. The minimum absolute atomic E-state index is 0.0778. The van der Waals surface area contributed by atoms with Gasteiger partial charge in [0, 0.05) is 6.61 Å². The number of hydrogen-bond acceptors (Lipinski definition) is 3. The quantitative estimate of drug-likeness (QED) is 0.735. The van der Waals surface area contributed by atoms with Crippen molar-refractivity contribution in [3.8, 4) is 11.1 Å². The summed E-state index contributed by atoms with van der Waals surface area (Å²) in [7, 11) is 0. The Hall–Kier alpha value is -2.33. The summed E-state index contributed by atoms with van der Waals surface area (Å²) in [6.07, 6.45) is 0.131. The van der Waals surface area contributed by atoms with Crippen molar-refractivity contribution >= 4 is 6.09 Å². The molecule has 0 unspecified atom stereocenters. The minimum atomic E-state index is -0.429. The van der Waals surface area contributed by atoms with Crippen LogP contribution in [0.3, 0.4) is 0 Å². The van der Waals surface area contributed by atoms with Gasteiger partial charge in [0.25, 0.3) is 0 Å². The highest BCUT2D eigenvalue weighted by Crippen LogP contribution is 2.43. The molecule has 4 heteroatoms. The SMILES string of the molecule is CCOC(=O)N[C@H](c1ccccc1CCO)c1ccc2cc1-2. The van der Waals surface area contributed by atoms with Crippen molar-refractivity contribution < 1.29 is 14.6 Å². The summed E-state index contributed by atoms with van der Waals surface area (Å²) < 4.78 is 5.04. The summed E-state index contributed by atoms with van der Waals surface area (Å²) in [5.41, 5.74) is 5.53. The molecule has 0 saturated heterocycles. The third kappa shape index (κ3) is 2.83. The van der Waals surface area contributed by atoms with Crippen LogP contribution in [0, 0.1) is 0 Å². The lowest BCUT2D eigenvalue weighted by atomic mass is 9.94. The van der Waals surface area contributed by atoms with Gasteiger partial charge in [-0.1, -0.05) is 36.4 Å². The Morgan fingerprint density at radius 1 is 1.23 bits per heavy atom. The highest BCUT2D eigenvalue weighted by molar-refractivity contribution is 5.86. The Labute approximate surface area is 129 Å². The van der Waals surface area contributed by atoms with E-state index in [0.29, 0.717) is 13.0 Å². The van der Waals surface area contributed by atoms with E-state index in [9.17, 15) is 9.90 Å². The van der Waals surface area contributed by atoms with Crippen LogP contribution in [0.2, 0.25) is 0 Å². The third-order valence-corrected chi connectivity index (χ3v) is 3.88. The van der Waals surface area contributed by atoms with Gasteiger partial charge in [-0.2, -0.15) is 0 Å². The summed E-state index contributed by atoms with van der Waals surface area (Å²) in [5, 5.41) is 12.2. The van der Waals surface area contributed by atoms with Gasteiger partial charge >= 0.3 is 6.09 Å². The molecule has 2 aliphatic carbocycles. The van der Waals surface area contributed by atoms with Crippen LogP contribution in [0.15, 0.2) is 42.5 Å². The fourth-order valence-corrected chi connectivity index (χ4v) is 2.81. The monoisotopic (exact) mass is 297 g/mol. The van der Waals surface area contributed by atoms with Gasteiger partial charge in [-0.3, -0.25) is 0 Å². The molecular weight excluding hydrogens is 278 g/mol. The molecule has 0 bridgehead atoms. The van der Waals surface area contributed by atoms with Crippen LogP contribution in [0.25, 0.3) is 11.1 Å². The minimum Gasteiger partial charge on any atom is -0.450 e. The van der Waals surface area contributed by atoms with E-state index in [1.165, 1.54) is 11.1 Å². The molecule has 1 aromatic carbocycles. The maximum Gasteiger partial charge on any atom is 0.407 e. The number of nitrogens with one attached hydrogen (secondary N) is 1. The summed E-state index contributed by atoms with van der Waals surface area (Å²) in [5.74, 6) is 0. The Morgan fingerprint density at radius 3 is 2.68 bits per heavy atom. The van der Waals surface area contributed by atoms with Crippen molar-refractivity contribution in [2.75, 3.05) is 13.2 Å². The average Bonchev–Trinajstić information content (AvgIpc) is 3.18. The highest BCUT2D eigenvalue weighted by atomic mass is 16.5. The lowest BCUT2D eigenvalue weighted by molar-refractivity contribution is 0.149. The molecule has 1 aromatic rings. The molecule has 22 heavy (non-hydrogen) atoms. The topological polar surface area (TPSA) is 58.6 Å². The average molecular weight is 297 g/mol. The normalized spacial score (nSPS) is 12.6. The smallest absolute Gasteiger partial charge is 0.407 e. The van der Waals surface area contributed by atoms with E-state index >= 15 is 0 Å². The largest absolute Gasteiger partial charge is 0.450 e. The number of hydrogen-bond donors (Lipinski definition) is 2. The summed E-state index contributed by atoms with van der Waals surface area (Å²) >= 11 is 0. The molecule has 1 atom stereocenters. The first-order valence-electron chi connectivity index (χ1n) is 7.51. The molecule has 0 radical (unpaired) electrons. The van der Waals surface area contributed by atoms with Gasteiger partial charge in [-0.05, 0) is 47.2 Å². The summed E-state index contributed by atoms with van der Waals surface area (Å²) in [6.45, 7) is 2.20. The first kappa shape index (κ1) is 14.6. The van der Waals surface area contributed by atoms with Crippen molar-refractivity contribution in [3.05, 3.63) is 59.2 Å². The number of alkyl carbamates (subject to hydrolysis) is 1. The second-order valence-corrected chi connectivity index (χ2v) is 5.27. The lowest BCUT2D eigenvalue weighted by Crippen LogP contribution is -2.30. The van der Waals surface area contributed by atoms with Crippen LogP contribution in [-0.4, -0.2) is 24.4 Å². The van der Waals surface area contributed by atoms with E-state index in [1.807, 2.05) is 30.3 Å². The number of fused-ring (bicyclic) bond motifs is 1. The van der Waals surface area contributed by atoms with E-state index in [2.05, 4.69) is 17.4 Å². The molecule has 3 rings (SSSR count). The standard InChI is InChI=1S/C18H19NO3/c1-2-22-18(21)19-17(15-8-7-13-11-16(13)15)14-6-4-3-5-12(14)9-10-20/h3-8,11,17,20H,2,9-10H2,1H3,(H,19,21)/t17-/m1/s1. The Morgan fingerprint density at radius 2 is 2.05 bits per heavy atom. The molecule has 2 aliphatic rings. The molecular formula is C18H19NO3. The molecule has 1 amide bonds. The Bertz CT molecular complexity index is 696.